The van der Waals surface area contributed by atoms with Gasteiger partial charge in [-0.05, 0) is 32.4 Å². The normalized spacial score (nSPS) is 16.3. The second-order valence-corrected chi connectivity index (χ2v) is 7.38. The van der Waals surface area contributed by atoms with Gasteiger partial charge in [0.05, 0.1) is 24.9 Å². The van der Waals surface area contributed by atoms with Crippen molar-refractivity contribution in [2.45, 2.75) is 46.4 Å². The summed E-state index contributed by atoms with van der Waals surface area (Å²) in [5, 5.41) is 10.9. The summed E-state index contributed by atoms with van der Waals surface area (Å²) in [6.07, 6.45) is -0.335. The molecule has 9 heteroatoms. The van der Waals surface area contributed by atoms with Crippen LogP contribution in [0.4, 0.5) is 10.6 Å². The van der Waals surface area contributed by atoms with Gasteiger partial charge in [-0.15, -0.1) is 0 Å². The number of rotatable bonds is 1. The average molecular weight is 381 g/mol. The van der Waals surface area contributed by atoms with Gasteiger partial charge in [-0.25, -0.2) is 14.8 Å². The van der Waals surface area contributed by atoms with Crippen LogP contribution in [-0.4, -0.2) is 52.7 Å². The maximum atomic E-state index is 12.3. The summed E-state index contributed by atoms with van der Waals surface area (Å²) in [5.41, 5.74) is 1.27. The lowest BCUT2D eigenvalue weighted by Gasteiger charge is -2.29. The Morgan fingerprint density at radius 2 is 1.88 bits per heavy atom. The summed E-state index contributed by atoms with van der Waals surface area (Å²) in [7, 11) is 0. The standard InChI is InChI=1S/C15H22ClN5O2.C2H3N/c1-15(2,3)23-14(22)21-8-10-11(9-21)18-13(16)19-12(10)20-6-4-17-5-7-20;1-2-3/h17H,4-9H2,1-3H3;1H3. The van der Waals surface area contributed by atoms with Crippen LogP contribution in [0.2, 0.25) is 5.28 Å². The Balaban J connectivity index is 0.000000758. The van der Waals surface area contributed by atoms with Crippen molar-refractivity contribution in [1.82, 2.24) is 20.2 Å². The number of carbonyl (C=O) groups is 1. The summed E-state index contributed by atoms with van der Waals surface area (Å²) >= 11 is 6.08. The fourth-order valence-corrected chi connectivity index (χ4v) is 2.98. The minimum Gasteiger partial charge on any atom is -0.444 e. The van der Waals surface area contributed by atoms with Crippen molar-refractivity contribution < 1.29 is 9.53 Å². The van der Waals surface area contributed by atoms with E-state index >= 15 is 0 Å². The van der Waals surface area contributed by atoms with Crippen LogP contribution in [0.5, 0.6) is 0 Å². The van der Waals surface area contributed by atoms with Gasteiger partial charge < -0.3 is 15.0 Å². The van der Waals surface area contributed by atoms with Crippen LogP contribution >= 0.6 is 11.6 Å². The van der Waals surface area contributed by atoms with Crippen molar-refractivity contribution in [3.05, 3.63) is 16.5 Å². The second kappa shape index (κ2) is 8.52. The molecule has 0 atom stereocenters. The fourth-order valence-electron chi connectivity index (χ4n) is 2.80. The van der Waals surface area contributed by atoms with Crippen molar-refractivity contribution in [2.75, 3.05) is 31.1 Å². The number of anilines is 1. The molecule has 8 nitrogen and oxygen atoms in total. The fraction of sp³-hybridized carbons (Fsp3) is 0.647. The molecule has 0 radical (unpaired) electrons. The lowest BCUT2D eigenvalue weighted by Crippen LogP contribution is -2.44. The minimum atomic E-state index is -0.517. The highest BCUT2D eigenvalue weighted by atomic mass is 35.5. The summed E-state index contributed by atoms with van der Waals surface area (Å²) in [5.74, 6) is 0.840. The van der Waals surface area contributed by atoms with Gasteiger partial charge in [-0.2, -0.15) is 5.26 Å². The third kappa shape index (κ3) is 5.19. The lowest BCUT2D eigenvalue weighted by atomic mass is 10.2. The maximum Gasteiger partial charge on any atom is 0.410 e. The molecule has 2 aliphatic heterocycles. The maximum absolute atomic E-state index is 12.3. The van der Waals surface area contributed by atoms with Crippen LogP contribution in [0.15, 0.2) is 0 Å². The number of amides is 1. The van der Waals surface area contributed by atoms with Gasteiger partial charge in [0.25, 0.3) is 0 Å². The first-order chi connectivity index (χ1) is 12.2. The number of fused-ring (bicyclic) bond motifs is 1. The molecule has 1 aromatic rings. The second-order valence-electron chi connectivity index (χ2n) is 7.04. The molecule has 2 aliphatic rings. The Hall–Kier alpha value is -2.11. The number of carbonyl (C=O) groups excluding carboxylic acids is 1. The molecule has 0 unspecified atom stereocenters. The Labute approximate surface area is 159 Å². The number of nitrogens with zero attached hydrogens (tertiary/aromatic N) is 5. The molecule has 0 aliphatic carbocycles. The third-order valence-electron chi connectivity index (χ3n) is 3.80. The Kier molecular flexibility index (Phi) is 6.62. The molecule has 142 valence electrons. The van der Waals surface area contributed by atoms with Crippen molar-refractivity contribution in [2.24, 2.45) is 0 Å². The molecular formula is C17H25ClN6O2. The average Bonchev–Trinajstić information content (AvgIpc) is 2.98. The topological polar surface area (TPSA) is 94.4 Å². The molecule has 0 spiro atoms. The number of ether oxygens (including phenoxy) is 1. The van der Waals surface area contributed by atoms with Crippen molar-refractivity contribution in [3.8, 4) is 6.07 Å². The Morgan fingerprint density at radius 3 is 2.46 bits per heavy atom. The van der Waals surface area contributed by atoms with Crippen LogP contribution in [-0.2, 0) is 17.8 Å². The highest BCUT2D eigenvalue weighted by molar-refractivity contribution is 6.28. The van der Waals surface area contributed by atoms with Crippen molar-refractivity contribution >= 4 is 23.5 Å². The molecule has 0 saturated carbocycles. The zero-order valence-corrected chi connectivity index (χ0v) is 16.4. The van der Waals surface area contributed by atoms with E-state index in [2.05, 4.69) is 20.2 Å². The molecule has 1 aromatic heterocycles. The van der Waals surface area contributed by atoms with Crippen molar-refractivity contribution in [1.29, 1.82) is 5.26 Å². The van der Waals surface area contributed by atoms with E-state index in [1.165, 1.54) is 6.92 Å². The number of piperazine rings is 1. The number of aromatic nitrogens is 2. The Morgan fingerprint density at radius 1 is 1.27 bits per heavy atom. The zero-order valence-electron chi connectivity index (χ0n) is 15.7. The first kappa shape index (κ1) is 20.2. The van der Waals surface area contributed by atoms with E-state index < -0.39 is 5.60 Å². The molecule has 1 amide bonds. The Bertz CT molecular complexity index is 692. The first-order valence-electron chi connectivity index (χ1n) is 8.55. The van der Waals surface area contributed by atoms with Gasteiger partial charge in [0.15, 0.2) is 0 Å². The van der Waals surface area contributed by atoms with Gasteiger partial charge in [0, 0.05) is 38.7 Å². The van der Waals surface area contributed by atoms with Crippen LogP contribution in [0, 0.1) is 11.3 Å². The van der Waals surface area contributed by atoms with E-state index in [1.54, 1.807) is 11.0 Å². The van der Waals surface area contributed by atoms with Gasteiger partial charge in [0.1, 0.15) is 11.4 Å². The summed E-state index contributed by atoms with van der Waals surface area (Å²) in [6.45, 7) is 11.4. The number of halogens is 1. The van der Waals surface area contributed by atoms with Crippen molar-refractivity contribution in [3.63, 3.8) is 0 Å². The van der Waals surface area contributed by atoms with Gasteiger partial charge in [0.2, 0.25) is 5.28 Å². The van der Waals surface area contributed by atoms with Crippen LogP contribution < -0.4 is 10.2 Å². The van der Waals surface area contributed by atoms with Crippen LogP contribution in [0.1, 0.15) is 39.0 Å². The molecule has 3 heterocycles. The number of hydrogen-bond donors (Lipinski definition) is 1. The number of nitrogens with one attached hydrogen (secondary N) is 1. The van der Waals surface area contributed by atoms with Gasteiger partial charge in [-0.1, -0.05) is 0 Å². The van der Waals surface area contributed by atoms with E-state index in [1.807, 2.05) is 20.8 Å². The van der Waals surface area contributed by atoms with E-state index in [-0.39, 0.29) is 11.4 Å². The minimum absolute atomic E-state index is 0.225. The van der Waals surface area contributed by atoms with Crippen LogP contribution in [0.25, 0.3) is 0 Å². The van der Waals surface area contributed by atoms with Gasteiger partial charge in [-0.3, -0.25) is 4.90 Å². The van der Waals surface area contributed by atoms with E-state index in [0.29, 0.717) is 13.1 Å². The van der Waals surface area contributed by atoms with E-state index in [0.717, 1.165) is 43.3 Å². The predicted molar refractivity (Wildman–Crippen MR) is 98.9 cm³/mol. The smallest absolute Gasteiger partial charge is 0.410 e. The molecule has 1 saturated heterocycles. The molecule has 0 aromatic carbocycles. The SMILES string of the molecule is CC#N.CC(C)(C)OC(=O)N1Cc2nc(Cl)nc(N3CCNCC3)c2C1. The van der Waals surface area contributed by atoms with Crippen LogP contribution in [0.3, 0.4) is 0 Å². The number of nitriles is 1. The third-order valence-corrected chi connectivity index (χ3v) is 3.97. The molecule has 1 fully saturated rings. The predicted octanol–water partition coefficient (Wildman–Crippen LogP) is 2.32. The van der Waals surface area contributed by atoms with Gasteiger partial charge >= 0.3 is 6.09 Å². The summed E-state index contributed by atoms with van der Waals surface area (Å²) in [6, 6.07) is 1.75. The molecule has 26 heavy (non-hydrogen) atoms. The zero-order chi connectivity index (χ0) is 19.3. The quantitative estimate of drug-likeness (QED) is 0.747. The molecule has 3 rings (SSSR count). The van der Waals surface area contributed by atoms with E-state index in [4.69, 9.17) is 21.6 Å². The highest BCUT2D eigenvalue weighted by Crippen LogP contribution is 2.31. The summed E-state index contributed by atoms with van der Waals surface area (Å²) in [4.78, 5) is 24.9. The first-order valence-corrected chi connectivity index (χ1v) is 8.92. The summed E-state index contributed by atoms with van der Waals surface area (Å²) < 4.78 is 5.45. The molecular weight excluding hydrogens is 356 g/mol. The largest absolute Gasteiger partial charge is 0.444 e. The lowest BCUT2D eigenvalue weighted by molar-refractivity contribution is 0.0241. The molecule has 1 N–H and O–H groups in total. The van der Waals surface area contributed by atoms with E-state index in [9.17, 15) is 4.79 Å². The molecule has 0 bridgehead atoms. The number of hydrogen-bond acceptors (Lipinski definition) is 7. The monoisotopic (exact) mass is 380 g/mol. The highest BCUT2D eigenvalue weighted by Gasteiger charge is 2.32.